The highest BCUT2D eigenvalue weighted by atomic mass is 35.5. The molecule has 5 nitrogen and oxygen atoms in total. The van der Waals surface area contributed by atoms with Crippen molar-refractivity contribution in [1.29, 1.82) is 0 Å². The van der Waals surface area contributed by atoms with Crippen molar-refractivity contribution in [1.82, 2.24) is 20.2 Å². The van der Waals surface area contributed by atoms with E-state index in [-0.39, 0.29) is 0 Å². The lowest BCUT2D eigenvalue weighted by atomic mass is 10.4. The molecule has 0 radical (unpaired) electrons. The minimum Gasteiger partial charge on any atom is -0.362 e. The number of rotatable bonds is 3. The van der Waals surface area contributed by atoms with Crippen molar-refractivity contribution in [2.45, 2.75) is 6.54 Å². The maximum atomic E-state index is 5.80. The van der Waals surface area contributed by atoms with E-state index in [2.05, 4.69) is 25.5 Å². The largest absolute Gasteiger partial charge is 0.362 e. The average molecular weight is 210 g/mol. The summed E-state index contributed by atoms with van der Waals surface area (Å²) in [5, 5.41) is 10.1. The number of hydrogen-bond donors (Lipinski definition) is 2. The number of nitrogens with one attached hydrogen (secondary N) is 2. The first-order valence-electron chi connectivity index (χ1n) is 4.05. The number of aromatic nitrogens is 4. The molecule has 0 aromatic carbocycles. The van der Waals surface area contributed by atoms with Gasteiger partial charge in [-0.25, -0.2) is 9.97 Å². The predicted molar refractivity (Wildman–Crippen MR) is 53.0 cm³/mol. The highest BCUT2D eigenvalue weighted by Gasteiger charge is 2.01. The molecule has 2 aromatic rings. The number of anilines is 1. The van der Waals surface area contributed by atoms with Gasteiger partial charge in [0.2, 0.25) is 0 Å². The van der Waals surface area contributed by atoms with E-state index in [1.165, 1.54) is 0 Å². The highest BCUT2D eigenvalue weighted by Crippen LogP contribution is 2.14. The van der Waals surface area contributed by atoms with Gasteiger partial charge in [-0.3, -0.25) is 5.10 Å². The van der Waals surface area contributed by atoms with E-state index in [1.54, 1.807) is 18.6 Å². The molecule has 6 heteroatoms. The summed E-state index contributed by atoms with van der Waals surface area (Å²) in [6, 6.07) is 1.87. The van der Waals surface area contributed by atoms with E-state index < -0.39 is 0 Å². The zero-order chi connectivity index (χ0) is 9.80. The van der Waals surface area contributed by atoms with Crippen molar-refractivity contribution >= 4 is 17.4 Å². The van der Waals surface area contributed by atoms with Gasteiger partial charge >= 0.3 is 0 Å². The fourth-order valence-electron chi connectivity index (χ4n) is 1.00. The van der Waals surface area contributed by atoms with Crippen molar-refractivity contribution in [3.8, 4) is 0 Å². The molecule has 0 aliphatic rings. The van der Waals surface area contributed by atoms with Gasteiger partial charge < -0.3 is 5.32 Å². The minimum atomic E-state index is 0.368. The van der Waals surface area contributed by atoms with E-state index >= 15 is 0 Å². The standard InChI is InChI=1S/C8H8ClN5/c9-7-8(11-4-3-10-7)12-5-6-1-2-13-14-6/h1-4H,5H2,(H,11,12)(H,13,14). The van der Waals surface area contributed by atoms with Crippen LogP contribution in [0.15, 0.2) is 24.7 Å². The first-order valence-corrected chi connectivity index (χ1v) is 4.42. The summed E-state index contributed by atoms with van der Waals surface area (Å²) < 4.78 is 0. The van der Waals surface area contributed by atoms with Crippen LogP contribution in [0.25, 0.3) is 0 Å². The van der Waals surface area contributed by atoms with Crippen LogP contribution in [0.3, 0.4) is 0 Å². The van der Waals surface area contributed by atoms with Crippen LogP contribution in [-0.4, -0.2) is 20.2 Å². The van der Waals surface area contributed by atoms with Crippen molar-refractivity contribution < 1.29 is 0 Å². The van der Waals surface area contributed by atoms with Gasteiger partial charge in [-0.15, -0.1) is 0 Å². The van der Waals surface area contributed by atoms with E-state index in [0.717, 1.165) is 5.69 Å². The third-order valence-corrected chi connectivity index (χ3v) is 1.93. The topological polar surface area (TPSA) is 66.5 Å². The summed E-state index contributed by atoms with van der Waals surface area (Å²) in [7, 11) is 0. The second kappa shape index (κ2) is 4.06. The summed E-state index contributed by atoms with van der Waals surface area (Å²) in [4.78, 5) is 7.93. The molecule has 0 bridgehead atoms. The number of aromatic amines is 1. The van der Waals surface area contributed by atoms with Crippen molar-refractivity contribution in [2.75, 3.05) is 5.32 Å². The molecular formula is C8H8ClN5. The van der Waals surface area contributed by atoms with E-state index in [9.17, 15) is 0 Å². The van der Waals surface area contributed by atoms with E-state index in [4.69, 9.17) is 11.6 Å². The molecule has 0 spiro atoms. The minimum absolute atomic E-state index is 0.368. The van der Waals surface area contributed by atoms with Crippen LogP contribution in [0.2, 0.25) is 5.15 Å². The Bertz CT molecular complexity index is 400. The van der Waals surface area contributed by atoms with E-state index in [0.29, 0.717) is 17.5 Å². The Labute approximate surface area is 85.5 Å². The average Bonchev–Trinajstić information content (AvgIpc) is 2.69. The molecule has 2 rings (SSSR count). The van der Waals surface area contributed by atoms with Crippen LogP contribution in [0, 0.1) is 0 Å². The van der Waals surface area contributed by atoms with Gasteiger partial charge in [0.25, 0.3) is 0 Å². The lowest BCUT2D eigenvalue weighted by Crippen LogP contribution is -2.02. The molecule has 0 fully saturated rings. The van der Waals surface area contributed by atoms with Crippen LogP contribution in [-0.2, 0) is 6.54 Å². The van der Waals surface area contributed by atoms with Crippen LogP contribution in [0.1, 0.15) is 5.69 Å². The molecule has 0 saturated heterocycles. The third kappa shape index (κ3) is 2.00. The first-order chi connectivity index (χ1) is 6.86. The van der Waals surface area contributed by atoms with Gasteiger partial charge in [-0.2, -0.15) is 5.10 Å². The molecule has 0 saturated carbocycles. The van der Waals surface area contributed by atoms with Crippen LogP contribution >= 0.6 is 11.6 Å². The summed E-state index contributed by atoms with van der Waals surface area (Å²) in [6.07, 6.45) is 4.82. The Hall–Kier alpha value is -1.62. The zero-order valence-electron chi connectivity index (χ0n) is 7.24. The zero-order valence-corrected chi connectivity index (χ0v) is 7.99. The fourth-order valence-corrected chi connectivity index (χ4v) is 1.17. The van der Waals surface area contributed by atoms with Gasteiger partial charge in [-0.05, 0) is 6.07 Å². The maximum absolute atomic E-state index is 5.80. The summed E-state index contributed by atoms with van der Waals surface area (Å²) in [5.41, 5.74) is 0.965. The number of halogens is 1. The molecule has 0 unspecified atom stereocenters. The molecular weight excluding hydrogens is 202 g/mol. The van der Waals surface area contributed by atoms with Gasteiger partial charge in [0, 0.05) is 18.6 Å². The molecule has 2 aromatic heterocycles. The number of H-pyrrole nitrogens is 1. The molecule has 0 aliphatic heterocycles. The molecule has 2 heterocycles. The second-order valence-corrected chi connectivity index (χ2v) is 2.99. The monoisotopic (exact) mass is 209 g/mol. The Morgan fingerprint density at radius 1 is 1.29 bits per heavy atom. The summed E-state index contributed by atoms with van der Waals surface area (Å²) >= 11 is 5.80. The number of hydrogen-bond acceptors (Lipinski definition) is 4. The molecule has 0 aliphatic carbocycles. The molecule has 0 amide bonds. The predicted octanol–water partition coefficient (Wildman–Crippen LogP) is 1.47. The molecule has 2 N–H and O–H groups in total. The van der Waals surface area contributed by atoms with Crippen LogP contribution in [0.4, 0.5) is 5.82 Å². The molecule has 72 valence electrons. The normalized spacial score (nSPS) is 10.1. The van der Waals surface area contributed by atoms with Gasteiger partial charge in [0.15, 0.2) is 11.0 Å². The SMILES string of the molecule is Clc1nccnc1NCc1ccn[nH]1. The van der Waals surface area contributed by atoms with Gasteiger partial charge in [-0.1, -0.05) is 11.6 Å². The quantitative estimate of drug-likeness (QED) is 0.804. The van der Waals surface area contributed by atoms with Gasteiger partial charge in [0.05, 0.1) is 12.2 Å². The fraction of sp³-hybridized carbons (Fsp3) is 0.125. The van der Waals surface area contributed by atoms with E-state index in [1.807, 2.05) is 6.07 Å². The molecule has 0 atom stereocenters. The Kier molecular flexibility index (Phi) is 2.60. The molecule has 14 heavy (non-hydrogen) atoms. The number of nitrogens with zero attached hydrogens (tertiary/aromatic N) is 3. The van der Waals surface area contributed by atoms with Crippen molar-refractivity contribution in [3.05, 3.63) is 35.5 Å². The lowest BCUT2D eigenvalue weighted by molar-refractivity contribution is 0.971. The Morgan fingerprint density at radius 3 is 2.86 bits per heavy atom. The summed E-state index contributed by atoms with van der Waals surface area (Å²) in [6.45, 7) is 0.596. The Balaban J connectivity index is 2.02. The maximum Gasteiger partial charge on any atom is 0.171 e. The highest BCUT2D eigenvalue weighted by molar-refractivity contribution is 6.31. The lowest BCUT2D eigenvalue weighted by Gasteiger charge is -2.03. The van der Waals surface area contributed by atoms with Crippen LogP contribution < -0.4 is 5.32 Å². The van der Waals surface area contributed by atoms with Crippen LogP contribution in [0.5, 0.6) is 0 Å². The summed E-state index contributed by atoms with van der Waals surface area (Å²) in [5.74, 6) is 0.573. The van der Waals surface area contributed by atoms with Crippen molar-refractivity contribution in [3.63, 3.8) is 0 Å². The van der Waals surface area contributed by atoms with Gasteiger partial charge in [0.1, 0.15) is 0 Å². The Morgan fingerprint density at radius 2 is 2.14 bits per heavy atom. The smallest absolute Gasteiger partial charge is 0.171 e. The first kappa shape index (κ1) is 8.96. The third-order valence-electron chi connectivity index (χ3n) is 1.66. The second-order valence-electron chi connectivity index (χ2n) is 2.63. The van der Waals surface area contributed by atoms with Crippen molar-refractivity contribution in [2.24, 2.45) is 0 Å².